The minimum Gasteiger partial charge on any atom is -0.463 e. The molecule has 4 heteroatoms. The van der Waals surface area contributed by atoms with Gasteiger partial charge in [0.25, 0.3) is 0 Å². The normalized spacial score (nSPS) is 16.8. The number of carbonyl (C=O) groups excluding carboxylic acids is 1. The Balaban J connectivity index is 1.88. The minimum atomic E-state index is -0.281. The molecule has 0 bridgehead atoms. The fourth-order valence-corrected chi connectivity index (χ4v) is 1.88. The molecule has 0 aromatic carbocycles. The van der Waals surface area contributed by atoms with Crippen molar-refractivity contribution in [2.45, 2.75) is 38.7 Å². The maximum absolute atomic E-state index is 10.9. The Bertz CT molecular complexity index is 235. The second-order valence-corrected chi connectivity index (χ2v) is 4.14. The summed E-state index contributed by atoms with van der Waals surface area (Å²) >= 11 is 0. The van der Waals surface area contributed by atoms with E-state index in [1.165, 1.54) is 31.8 Å². The molecule has 0 spiro atoms. The van der Waals surface area contributed by atoms with Crippen LogP contribution in [-0.4, -0.2) is 38.4 Å². The minimum absolute atomic E-state index is 0.281. The van der Waals surface area contributed by atoms with Crippen LogP contribution in [0.25, 0.3) is 0 Å². The average molecular weight is 241 g/mol. The molecular weight excluding hydrogens is 218 g/mol. The molecule has 1 saturated carbocycles. The lowest BCUT2D eigenvalue weighted by Crippen LogP contribution is -2.22. The predicted octanol–water partition coefficient (Wildman–Crippen LogP) is 1.65. The Morgan fingerprint density at radius 2 is 2.18 bits per heavy atom. The van der Waals surface area contributed by atoms with E-state index in [2.05, 4.69) is 5.32 Å². The van der Waals surface area contributed by atoms with E-state index in [0.29, 0.717) is 19.3 Å². The van der Waals surface area contributed by atoms with Gasteiger partial charge in [0.2, 0.25) is 0 Å². The van der Waals surface area contributed by atoms with Crippen LogP contribution in [0.4, 0.5) is 0 Å². The van der Waals surface area contributed by atoms with Gasteiger partial charge < -0.3 is 14.8 Å². The maximum Gasteiger partial charge on any atom is 0.330 e. The van der Waals surface area contributed by atoms with Crippen LogP contribution in [0.2, 0.25) is 0 Å². The van der Waals surface area contributed by atoms with Crippen molar-refractivity contribution in [2.75, 3.05) is 26.3 Å². The van der Waals surface area contributed by atoms with Gasteiger partial charge in [-0.25, -0.2) is 4.79 Å². The molecule has 0 aromatic heterocycles. The van der Waals surface area contributed by atoms with Gasteiger partial charge in [0.05, 0.1) is 19.3 Å². The first-order chi connectivity index (χ1) is 8.33. The molecule has 0 saturated heterocycles. The molecule has 0 aliphatic heterocycles. The van der Waals surface area contributed by atoms with E-state index in [0.717, 1.165) is 13.2 Å². The zero-order valence-electron chi connectivity index (χ0n) is 10.6. The van der Waals surface area contributed by atoms with Crippen molar-refractivity contribution in [3.63, 3.8) is 0 Å². The highest BCUT2D eigenvalue weighted by Crippen LogP contribution is 2.20. The molecule has 1 rings (SSSR count). The topological polar surface area (TPSA) is 47.6 Å². The highest BCUT2D eigenvalue weighted by molar-refractivity contribution is 5.81. The third-order valence-electron chi connectivity index (χ3n) is 2.74. The average Bonchev–Trinajstić information content (AvgIpc) is 2.81. The van der Waals surface area contributed by atoms with Crippen molar-refractivity contribution in [1.82, 2.24) is 5.32 Å². The van der Waals surface area contributed by atoms with Gasteiger partial charge in [-0.15, -0.1) is 0 Å². The number of carbonyl (C=O) groups is 1. The summed E-state index contributed by atoms with van der Waals surface area (Å²) in [7, 11) is 0. The summed E-state index contributed by atoms with van der Waals surface area (Å²) in [6.45, 7) is 4.46. The third-order valence-corrected chi connectivity index (χ3v) is 2.74. The van der Waals surface area contributed by atoms with E-state index in [1.54, 1.807) is 13.0 Å². The Morgan fingerprint density at radius 1 is 1.41 bits per heavy atom. The largest absolute Gasteiger partial charge is 0.463 e. The van der Waals surface area contributed by atoms with E-state index in [-0.39, 0.29) is 5.97 Å². The van der Waals surface area contributed by atoms with Crippen LogP contribution < -0.4 is 5.32 Å². The van der Waals surface area contributed by atoms with Gasteiger partial charge in [-0.3, -0.25) is 0 Å². The number of ether oxygens (including phenoxy) is 2. The first kappa shape index (κ1) is 14.2. The number of esters is 1. The van der Waals surface area contributed by atoms with Crippen LogP contribution in [0.5, 0.6) is 0 Å². The first-order valence-electron chi connectivity index (χ1n) is 6.48. The lowest BCUT2D eigenvalue weighted by atomic mass is 10.3. The van der Waals surface area contributed by atoms with Crippen molar-refractivity contribution in [3.8, 4) is 0 Å². The molecule has 17 heavy (non-hydrogen) atoms. The Kier molecular flexibility index (Phi) is 7.67. The molecule has 0 amide bonds. The standard InChI is InChI=1S/C13H23NO3/c1-2-16-13(15)8-5-9-14-10-11-17-12-6-3-4-7-12/h5,8,12,14H,2-4,6-7,9-11H2,1H3/b8-5+. The number of nitrogens with one attached hydrogen (secondary N) is 1. The van der Waals surface area contributed by atoms with E-state index in [9.17, 15) is 4.79 Å². The van der Waals surface area contributed by atoms with Gasteiger partial charge >= 0.3 is 5.97 Å². The molecule has 0 radical (unpaired) electrons. The van der Waals surface area contributed by atoms with Crippen LogP contribution in [0, 0.1) is 0 Å². The van der Waals surface area contributed by atoms with Gasteiger partial charge in [-0.05, 0) is 19.8 Å². The molecule has 0 aromatic rings. The fraction of sp³-hybridized carbons (Fsp3) is 0.769. The molecule has 1 fully saturated rings. The first-order valence-corrected chi connectivity index (χ1v) is 6.48. The smallest absolute Gasteiger partial charge is 0.330 e. The highest BCUT2D eigenvalue weighted by atomic mass is 16.5. The van der Waals surface area contributed by atoms with Crippen molar-refractivity contribution in [1.29, 1.82) is 0 Å². The van der Waals surface area contributed by atoms with Gasteiger partial charge in [-0.2, -0.15) is 0 Å². The van der Waals surface area contributed by atoms with Crippen molar-refractivity contribution in [3.05, 3.63) is 12.2 Å². The molecule has 0 unspecified atom stereocenters. The summed E-state index contributed by atoms with van der Waals surface area (Å²) < 4.78 is 10.4. The summed E-state index contributed by atoms with van der Waals surface area (Å²) in [5.74, 6) is -0.281. The summed E-state index contributed by atoms with van der Waals surface area (Å²) in [6, 6.07) is 0. The second kappa shape index (κ2) is 9.19. The molecular formula is C13H23NO3. The number of hydrogen-bond acceptors (Lipinski definition) is 4. The highest BCUT2D eigenvalue weighted by Gasteiger charge is 2.14. The van der Waals surface area contributed by atoms with Crippen LogP contribution in [-0.2, 0) is 14.3 Å². The predicted molar refractivity (Wildman–Crippen MR) is 66.9 cm³/mol. The van der Waals surface area contributed by atoms with Crippen molar-refractivity contribution < 1.29 is 14.3 Å². The lowest BCUT2D eigenvalue weighted by Gasteiger charge is -2.10. The van der Waals surface area contributed by atoms with Crippen LogP contribution in [0.15, 0.2) is 12.2 Å². The van der Waals surface area contributed by atoms with Crippen molar-refractivity contribution in [2.24, 2.45) is 0 Å². The zero-order chi connectivity index (χ0) is 12.3. The monoisotopic (exact) mass is 241 g/mol. The Hall–Kier alpha value is -0.870. The number of rotatable bonds is 8. The zero-order valence-corrected chi connectivity index (χ0v) is 10.6. The van der Waals surface area contributed by atoms with Gasteiger partial charge in [0, 0.05) is 19.2 Å². The van der Waals surface area contributed by atoms with Gasteiger partial charge in [0.15, 0.2) is 0 Å². The van der Waals surface area contributed by atoms with E-state index < -0.39 is 0 Å². The van der Waals surface area contributed by atoms with Gasteiger partial charge in [0.1, 0.15) is 0 Å². The molecule has 1 aliphatic carbocycles. The fourth-order valence-electron chi connectivity index (χ4n) is 1.88. The molecule has 1 N–H and O–H groups in total. The maximum atomic E-state index is 10.9. The van der Waals surface area contributed by atoms with Crippen LogP contribution in [0.3, 0.4) is 0 Å². The lowest BCUT2D eigenvalue weighted by molar-refractivity contribution is -0.137. The van der Waals surface area contributed by atoms with Gasteiger partial charge in [-0.1, -0.05) is 18.9 Å². The molecule has 0 heterocycles. The quantitative estimate of drug-likeness (QED) is 0.399. The summed E-state index contributed by atoms with van der Waals surface area (Å²) in [4.78, 5) is 10.9. The molecule has 0 atom stereocenters. The van der Waals surface area contributed by atoms with E-state index in [4.69, 9.17) is 9.47 Å². The number of hydrogen-bond donors (Lipinski definition) is 1. The molecule has 4 nitrogen and oxygen atoms in total. The Morgan fingerprint density at radius 3 is 2.88 bits per heavy atom. The van der Waals surface area contributed by atoms with E-state index in [1.807, 2.05) is 0 Å². The summed E-state index contributed by atoms with van der Waals surface area (Å²) in [5.41, 5.74) is 0. The van der Waals surface area contributed by atoms with Crippen molar-refractivity contribution >= 4 is 5.97 Å². The molecule has 98 valence electrons. The third kappa shape index (κ3) is 7.13. The SMILES string of the molecule is CCOC(=O)/C=C/CNCCOC1CCCC1. The van der Waals surface area contributed by atoms with Crippen LogP contribution >= 0.6 is 0 Å². The second-order valence-electron chi connectivity index (χ2n) is 4.14. The van der Waals surface area contributed by atoms with E-state index >= 15 is 0 Å². The van der Waals surface area contributed by atoms with Crippen LogP contribution in [0.1, 0.15) is 32.6 Å². The summed E-state index contributed by atoms with van der Waals surface area (Å²) in [6.07, 6.45) is 8.74. The summed E-state index contributed by atoms with van der Waals surface area (Å²) in [5, 5.41) is 3.19. The Labute approximate surface area is 103 Å². The molecule has 1 aliphatic rings.